The Morgan fingerprint density at radius 2 is 1.74 bits per heavy atom. The molecule has 0 fully saturated rings. The van der Waals surface area contributed by atoms with Gasteiger partial charge in [-0.05, 0) is 25.1 Å². The fraction of sp³-hybridized carbons (Fsp3) is 0.222. The van der Waals surface area contributed by atoms with E-state index < -0.39 is 11.8 Å². The molecule has 0 atom stereocenters. The van der Waals surface area contributed by atoms with E-state index in [-0.39, 0.29) is 28.6 Å². The van der Waals surface area contributed by atoms with Crippen LogP contribution >= 0.6 is 34.8 Å². The summed E-state index contributed by atoms with van der Waals surface area (Å²) in [4.78, 5) is 34.7. The van der Waals surface area contributed by atoms with Gasteiger partial charge in [0.05, 0.1) is 17.3 Å². The van der Waals surface area contributed by atoms with Crippen molar-refractivity contribution in [3.05, 3.63) is 57.1 Å². The van der Waals surface area contributed by atoms with E-state index in [4.69, 9.17) is 39.5 Å². The van der Waals surface area contributed by atoms with Crippen molar-refractivity contribution >= 4 is 46.6 Å². The van der Waals surface area contributed by atoms with Gasteiger partial charge < -0.3 is 9.64 Å². The monoisotopic (exact) mass is 427 g/mol. The molecule has 6 nitrogen and oxygen atoms in total. The highest BCUT2D eigenvalue weighted by Crippen LogP contribution is 2.32. The van der Waals surface area contributed by atoms with Gasteiger partial charge in [-0.3, -0.25) is 4.79 Å². The third kappa shape index (κ3) is 5.19. The summed E-state index contributed by atoms with van der Waals surface area (Å²) in [6, 6.07) is 4.78. The Morgan fingerprint density at radius 1 is 1.11 bits per heavy atom. The minimum absolute atomic E-state index is 0.0187. The van der Waals surface area contributed by atoms with Crippen LogP contribution in [-0.4, -0.2) is 47.3 Å². The van der Waals surface area contributed by atoms with Crippen LogP contribution in [0, 0.1) is 0 Å². The highest BCUT2D eigenvalue weighted by molar-refractivity contribution is 6.39. The zero-order valence-corrected chi connectivity index (χ0v) is 17.1. The molecule has 2 rings (SSSR count). The van der Waals surface area contributed by atoms with E-state index in [1.807, 2.05) is 0 Å². The van der Waals surface area contributed by atoms with Crippen LogP contribution in [0.3, 0.4) is 0 Å². The molecule has 2 aromatic rings. The second-order valence-electron chi connectivity index (χ2n) is 5.60. The smallest absolute Gasteiger partial charge is 0.343 e. The highest BCUT2D eigenvalue weighted by atomic mass is 35.5. The lowest BCUT2D eigenvalue weighted by atomic mass is 10.1. The molecule has 0 aliphatic heterocycles. The lowest BCUT2D eigenvalue weighted by Crippen LogP contribution is -2.20. The molecule has 142 valence electrons. The Bertz CT molecular complexity index is 894. The molecule has 0 bridgehead atoms. The maximum absolute atomic E-state index is 12.9. The van der Waals surface area contributed by atoms with Crippen LogP contribution in [0.25, 0.3) is 11.3 Å². The van der Waals surface area contributed by atoms with Gasteiger partial charge in [-0.1, -0.05) is 34.8 Å². The van der Waals surface area contributed by atoms with Crippen molar-refractivity contribution in [1.29, 1.82) is 0 Å². The minimum atomic E-state index is -0.766. The average Bonchev–Trinajstić information content (AvgIpc) is 2.58. The number of hydrogen-bond donors (Lipinski definition) is 0. The fourth-order valence-electron chi connectivity index (χ4n) is 2.22. The number of carbonyl (C=O) groups is 2. The van der Waals surface area contributed by atoms with Crippen molar-refractivity contribution in [1.82, 2.24) is 14.9 Å². The Labute approximate surface area is 171 Å². The molecule has 1 aromatic carbocycles. The largest absolute Gasteiger partial charge is 0.462 e. The molecule has 0 unspecified atom stereocenters. The van der Waals surface area contributed by atoms with Gasteiger partial charge in [-0.25, -0.2) is 14.8 Å². The third-order valence-corrected chi connectivity index (χ3v) is 4.06. The van der Waals surface area contributed by atoms with Gasteiger partial charge in [0, 0.05) is 35.9 Å². The molecule has 27 heavy (non-hydrogen) atoms. The van der Waals surface area contributed by atoms with Crippen LogP contribution in [0.4, 0.5) is 0 Å². The van der Waals surface area contributed by atoms with Crippen molar-refractivity contribution in [2.75, 3.05) is 20.7 Å². The second kappa shape index (κ2) is 9.17. The lowest BCUT2D eigenvalue weighted by Gasteiger charge is -2.12. The molecule has 1 aromatic heterocycles. The average molecular weight is 429 g/mol. The first-order valence-electron chi connectivity index (χ1n) is 7.81. The number of ether oxygens (including phenoxy) is 1. The normalized spacial score (nSPS) is 11.3. The van der Waals surface area contributed by atoms with E-state index >= 15 is 0 Å². The number of esters is 1. The topological polar surface area (TPSA) is 72.4 Å². The maximum atomic E-state index is 12.9. The predicted octanol–water partition coefficient (Wildman–Crippen LogP) is 4.30. The van der Waals surface area contributed by atoms with Crippen LogP contribution in [0.5, 0.6) is 0 Å². The van der Waals surface area contributed by atoms with E-state index in [1.54, 1.807) is 44.1 Å². The second-order valence-corrected chi connectivity index (χ2v) is 6.85. The maximum Gasteiger partial charge on any atom is 0.343 e. The summed E-state index contributed by atoms with van der Waals surface area (Å²) in [6.45, 7) is 1.77. The molecule has 0 spiro atoms. The van der Waals surface area contributed by atoms with Gasteiger partial charge in [-0.2, -0.15) is 0 Å². The van der Waals surface area contributed by atoms with Gasteiger partial charge in [0.15, 0.2) is 0 Å². The Kier molecular flexibility index (Phi) is 7.18. The molecule has 0 aliphatic rings. The first-order valence-corrected chi connectivity index (χ1v) is 8.95. The van der Waals surface area contributed by atoms with E-state index in [9.17, 15) is 9.59 Å². The fourth-order valence-corrected chi connectivity index (χ4v) is 3.04. The van der Waals surface area contributed by atoms with Gasteiger partial charge in [0.1, 0.15) is 17.6 Å². The summed E-state index contributed by atoms with van der Waals surface area (Å²) in [6.07, 6.45) is 2.54. The van der Waals surface area contributed by atoms with Crippen LogP contribution in [-0.2, 0) is 9.53 Å². The molecular weight excluding hydrogens is 413 g/mol. The van der Waals surface area contributed by atoms with Crippen molar-refractivity contribution in [2.24, 2.45) is 0 Å². The standard InChI is InChI=1S/C18H16Cl3N3O3/c1-4-27-18(26)13(8-24(2)3)17(25)16-14(21)15(22-9-23-16)10-5-11(19)7-12(20)6-10/h5-9H,4H2,1-3H3/b13-8-. The molecular formula is C18H16Cl3N3O3. The molecule has 0 radical (unpaired) electrons. The Hall–Kier alpha value is -2.15. The zero-order chi connectivity index (χ0) is 20.1. The van der Waals surface area contributed by atoms with Crippen LogP contribution in [0.15, 0.2) is 36.3 Å². The summed E-state index contributed by atoms with van der Waals surface area (Å²) in [5.74, 6) is -1.44. The summed E-state index contributed by atoms with van der Waals surface area (Å²) in [7, 11) is 3.35. The van der Waals surface area contributed by atoms with E-state index in [1.165, 1.54) is 12.5 Å². The molecule has 9 heteroatoms. The Balaban J connectivity index is 2.55. The number of Topliss-reactive ketones (excluding diaryl/α,β-unsaturated/α-hetero) is 1. The van der Waals surface area contributed by atoms with E-state index in [0.717, 1.165) is 0 Å². The number of hydrogen-bond acceptors (Lipinski definition) is 6. The number of rotatable bonds is 6. The van der Waals surface area contributed by atoms with Crippen molar-refractivity contribution in [3.8, 4) is 11.3 Å². The molecule has 0 saturated carbocycles. The molecule has 0 N–H and O–H groups in total. The van der Waals surface area contributed by atoms with Gasteiger partial charge in [0.2, 0.25) is 5.78 Å². The minimum Gasteiger partial charge on any atom is -0.462 e. The Morgan fingerprint density at radius 3 is 2.30 bits per heavy atom. The number of aromatic nitrogens is 2. The number of ketones is 1. The summed E-state index contributed by atoms with van der Waals surface area (Å²) in [5, 5.41) is 0.759. The number of benzene rings is 1. The quantitative estimate of drug-likeness (QED) is 0.225. The molecule has 0 aliphatic carbocycles. The van der Waals surface area contributed by atoms with Gasteiger partial charge in [0.25, 0.3) is 0 Å². The van der Waals surface area contributed by atoms with Gasteiger partial charge >= 0.3 is 5.97 Å². The van der Waals surface area contributed by atoms with Crippen LogP contribution in [0.2, 0.25) is 15.1 Å². The highest BCUT2D eigenvalue weighted by Gasteiger charge is 2.26. The molecule has 1 heterocycles. The number of nitrogens with zero attached hydrogens (tertiary/aromatic N) is 3. The van der Waals surface area contributed by atoms with E-state index in [0.29, 0.717) is 15.6 Å². The zero-order valence-electron chi connectivity index (χ0n) is 14.8. The first kappa shape index (κ1) is 21.2. The lowest BCUT2D eigenvalue weighted by molar-refractivity contribution is -0.138. The van der Waals surface area contributed by atoms with Gasteiger partial charge in [-0.15, -0.1) is 0 Å². The summed E-state index contributed by atoms with van der Waals surface area (Å²) < 4.78 is 4.96. The summed E-state index contributed by atoms with van der Waals surface area (Å²) >= 11 is 18.4. The van der Waals surface area contributed by atoms with Crippen molar-refractivity contribution in [2.45, 2.75) is 6.92 Å². The van der Waals surface area contributed by atoms with E-state index in [2.05, 4.69) is 9.97 Å². The van der Waals surface area contributed by atoms with Crippen molar-refractivity contribution in [3.63, 3.8) is 0 Å². The molecule has 0 amide bonds. The number of halogens is 3. The first-order chi connectivity index (χ1) is 12.7. The van der Waals surface area contributed by atoms with Crippen LogP contribution < -0.4 is 0 Å². The summed E-state index contributed by atoms with van der Waals surface area (Å²) in [5.41, 5.74) is 0.465. The SMILES string of the molecule is CCOC(=O)/C(=C\N(C)C)C(=O)c1ncnc(-c2cc(Cl)cc(Cl)c2)c1Cl. The van der Waals surface area contributed by atoms with Crippen LogP contribution in [0.1, 0.15) is 17.4 Å². The number of carbonyl (C=O) groups excluding carboxylic acids is 2. The molecule has 0 saturated heterocycles. The van der Waals surface area contributed by atoms with Crippen molar-refractivity contribution < 1.29 is 14.3 Å². The predicted molar refractivity (Wildman–Crippen MR) is 105 cm³/mol. The third-order valence-electron chi connectivity index (χ3n) is 3.27.